The van der Waals surface area contributed by atoms with E-state index in [0.717, 1.165) is 28.1 Å². The molecule has 0 atom stereocenters. The first-order chi connectivity index (χ1) is 19.1. The highest BCUT2D eigenvalue weighted by atomic mass is 127. The first kappa shape index (κ1) is 25.9. The van der Waals surface area contributed by atoms with Gasteiger partial charge in [-0.05, 0) is 50.1 Å². The minimum atomic E-state index is -0.506. The first-order valence-corrected chi connectivity index (χ1v) is 14.3. The molecule has 0 amide bonds. The molecular weight excluding hydrogens is 634 g/mol. The number of hydrogen-bond donors (Lipinski definition) is 1. The zero-order valence-corrected chi connectivity index (χ0v) is 23.9. The molecule has 0 aliphatic carbocycles. The molecule has 6 rings (SSSR count). The van der Waals surface area contributed by atoms with Crippen LogP contribution >= 0.6 is 34.2 Å². The molecule has 1 N–H and O–H groups in total. The monoisotopic (exact) mass is 658 g/mol. The van der Waals surface area contributed by atoms with Crippen LogP contribution in [0.1, 0.15) is 28.8 Å². The largest absolute Gasteiger partial charge is 0.488 e. The Morgan fingerprint density at radius 2 is 1.97 bits per heavy atom. The molecule has 1 saturated heterocycles. The number of benzene rings is 2. The summed E-state index contributed by atoms with van der Waals surface area (Å²) < 4.78 is 37.7. The lowest BCUT2D eigenvalue weighted by molar-refractivity contribution is 0.0674. The Labute approximate surface area is 241 Å². The fourth-order valence-corrected chi connectivity index (χ4v) is 5.66. The van der Waals surface area contributed by atoms with Gasteiger partial charge >= 0.3 is 0 Å². The third kappa shape index (κ3) is 5.54. The molecular formula is C27H24FIN6O3S. The van der Waals surface area contributed by atoms with Crippen LogP contribution < -0.4 is 13.0 Å². The predicted molar refractivity (Wildman–Crippen MR) is 155 cm³/mol. The Bertz CT molecular complexity index is 1620. The van der Waals surface area contributed by atoms with Gasteiger partial charge in [0.05, 0.1) is 44.2 Å². The third-order valence-corrected chi connectivity index (χ3v) is 7.80. The van der Waals surface area contributed by atoms with E-state index in [4.69, 9.17) is 19.3 Å². The van der Waals surface area contributed by atoms with Gasteiger partial charge in [-0.1, -0.05) is 6.07 Å². The highest BCUT2D eigenvalue weighted by Crippen LogP contribution is 2.37. The molecule has 200 valence electrons. The van der Waals surface area contributed by atoms with Crippen molar-refractivity contribution in [1.82, 2.24) is 24.7 Å². The highest BCUT2D eigenvalue weighted by Gasteiger charge is 2.25. The minimum absolute atomic E-state index is 0.102. The highest BCUT2D eigenvalue weighted by molar-refractivity contribution is 14.1. The van der Waals surface area contributed by atoms with Crippen LogP contribution in [0.2, 0.25) is 0 Å². The standard InChI is InChI=1S/C27H24FIN6O3S/c1-16-30-13-21(39-16)14-37-19-3-2-4-20(12-19)38-23-6-5-17(11-22(23)28)25-24-26(33-29)31-15-32-27(24)35(34-25)18-7-9-36-10-8-18/h2-6,11-13,15,18H,7-10,14H2,1H3,(H,31,32,33). The van der Waals surface area contributed by atoms with Gasteiger partial charge in [0.25, 0.3) is 0 Å². The van der Waals surface area contributed by atoms with Gasteiger partial charge in [-0.3, -0.25) is 0 Å². The lowest BCUT2D eigenvalue weighted by Gasteiger charge is -2.22. The molecule has 0 saturated carbocycles. The number of anilines is 1. The van der Waals surface area contributed by atoms with E-state index in [9.17, 15) is 0 Å². The maximum atomic E-state index is 15.4. The Balaban J connectivity index is 1.27. The van der Waals surface area contributed by atoms with Gasteiger partial charge in [-0.15, -0.1) is 11.3 Å². The van der Waals surface area contributed by atoms with E-state index in [1.807, 2.05) is 46.6 Å². The Morgan fingerprint density at radius 1 is 1.13 bits per heavy atom. The lowest BCUT2D eigenvalue weighted by atomic mass is 10.1. The van der Waals surface area contributed by atoms with Gasteiger partial charge in [0, 0.05) is 31.0 Å². The minimum Gasteiger partial charge on any atom is -0.488 e. The molecule has 1 fully saturated rings. The summed E-state index contributed by atoms with van der Waals surface area (Å²) in [5.41, 5.74) is 1.92. The topological polar surface area (TPSA) is 96.2 Å². The van der Waals surface area contributed by atoms with E-state index in [1.165, 1.54) is 12.4 Å². The first-order valence-electron chi connectivity index (χ1n) is 12.4. The average Bonchev–Trinajstić information content (AvgIpc) is 3.57. The van der Waals surface area contributed by atoms with Gasteiger partial charge in [0.1, 0.15) is 35.9 Å². The third-order valence-electron chi connectivity index (χ3n) is 6.40. The molecule has 9 nitrogen and oxygen atoms in total. The van der Waals surface area contributed by atoms with Crippen molar-refractivity contribution in [2.75, 3.05) is 16.7 Å². The summed E-state index contributed by atoms with van der Waals surface area (Å²) in [6.07, 6.45) is 4.98. The van der Waals surface area contributed by atoms with Crippen molar-refractivity contribution in [3.05, 3.63) is 70.7 Å². The molecule has 12 heteroatoms. The van der Waals surface area contributed by atoms with Crippen molar-refractivity contribution in [2.45, 2.75) is 32.4 Å². The van der Waals surface area contributed by atoms with Gasteiger partial charge in [0.2, 0.25) is 0 Å². The fraction of sp³-hybridized carbons (Fsp3) is 0.259. The number of nitrogens with zero attached hydrogens (tertiary/aromatic N) is 5. The molecule has 0 radical (unpaired) electrons. The summed E-state index contributed by atoms with van der Waals surface area (Å²) in [4.78, 5) is 14.2. The van der Waals surface area contributed by atoms with E-state index in [2.05, 4.69) is 18.5 Å². The summed E-state index contributed by atoms with van der Waals surface area (Å²) >= 11 is 3.62. The summed E-state index contributed by atoms with van der Waals surface area (Å²) in [5.74, 6) is 1.32. The van der Waals surface area contributed by atoms with Crippen LogP contribution in [0.15, 0.2) is 55.0 Å². The van der Waals surface area contributed by atoms with Gasteiger partial charge in [0.15, 0.2) is 17.2 Å². The fourth-order valence-electron chi connectivity index (χ4n) is 4.54. The van der Waals surface area contributed by atoms with Crippen molar-refractivity contribution >= 4 is 51.1 Å². The number of nitrogens with one attached hydrogen (secondary N) is 1. The second-order valence-corrected chi connectivity index (χ2v) is 10.9. The molecule has 1 aliphatic rings. The number of fused-ring (bicyclic) bond motifs is 1. The van der Waals surface area contributed by atoms with Gasteiger partial charge in [-0.2, -0.15) is 5.10 Å². The number of aryl methyl sites for hydroxylation is 1. The number of aromatic nitrogens is 5. The maximum Gasteiger partial charge on any atom is 0.166 e. The molecule has 2 aromatic carbocycles. The number of thiazole rings is 1. The SMILES string of the molecule is Cc1ncc(COc2cccc(Oc3ccc(-c4nn(C5CCOCC5)c5ncnc(NI)c45)cc3F)c2)s1. The van der Waals surface area contributed by atoms with Crippen molar-refractivity contribution < 1.29 is 18.6 Å². The maximum absolute atomic E-state index is 15.4. The van der Waals surface area contributed by atoms with Gasteiger partial charge < -0.3 is 17.7 Å². The van der Waals surface area contributed by atoms with Crippen LogP contribution in [0.5, 0.6) is 17.2 Å². The Hall–Kier alpha value is -3.36. The van der Waals surface area contributed by atoms with E-state index < -0.39 is 5.82 Å². The van der Waals surface area contributed by atoms with Crippen LogP contribution in [0, 0.1) is 12.7 Å². The zero-order valence-electron chi connectivity index (χ0n) is 20.9. The van der Waals surface area contributed by atoms with Crippen LogP contribution in [-0.4, -0.2) is 37.9 Å². The number of hydrogen-bond acceptors (Lipinski definition) is 9. The van der Waals surface area contributed by atoms with Crippen molar-refractivity contribution in [1.29, 1.82) is 0 Å². The van der Waals surface area contributed by atoms with Crippen molar-refractivity contribution in [3.8, 4) is 28.5 Å². The summed E-state index contributed by atoms with van der Waals surface area (Å²) in [7, 11) is 0. The number of ether oxygens (including phenoxy) is 3. The molecule has 4 heterocycles. The predicted octanol–water partition coefficient (Wildman–Crippen LogP) is 6.88. The second kappa shape index (κ2) is 11.4. The molecule has 0 spiro atoms. The van der Waals surface area contributed by atoms with Crippen molar-refractivity contribution in [3.63, 3.8) is 0 Å². The summed E-state index contributed by atoms with van der Waals surface area (Å²) in [6, 6.07) is 12.1. The van der Waals surface area contributed by atoms with Crippen molar-refractivity contribution in [2.24, 2.45) is 0 Å². The Kier molecular flexibility index (Phi) is 7.57. The van der Waals surface area contributed by atoms with E-state index in [0.29, 0.717) is 54.0 Å². The lowest BCUT2D eigenvalue weighted by Crippen LogP contribution is -2.20. The molecule has 3 aromatic heterocycles. The Morgan fingerprint density at radius 3 is 2.74 bits per heavy atom. The second-order valence-electron chi connectivity index (χ2n) is 9.01. The van der Waals surface area contributed by atoms with Gasteiger partial charge in [-0.25, -0.2) is 24.0 Å². The average molecular weight is 658 g/mol. The molecule has 0 unspecified atom stereocenters. The molecule has 5 aromatic rings. The van der Waals surface area contributed by atoms with Crippen LogP contribution in [-0.2, 0) is 11.3 Å². The smallest absolute Gasteiger partial charge is 0.166 e. The normalized spacial score (nSPS) is 14.0. The van der Waals surface area contributed by atoms with E-state index in [-0.39, 0.29) is 11.8 Å². The molecule has 0 bridgehead atoms. The van der Waals surface area contributed by atoms with Crippen LogP contribution in [0.3, 0.4) is 0 Å². The van der Waals surface area contributed by atoms with Crippen LogP contribution in [0.4, 0.5) is 10.2 Å². The molecule has 1 aliphatic heterocycles. The quantitative estimate of drug-likeness (QED) is 0.142. The van der Waals surface area contributed by atoms with Crippen LogP contribution in [0.25, 0.3) is 22.3 Å². The number of halogens is 2. The van der Waals surface area contributed by atoms with E-state index in [1.54, 1.807) is 41.8 Å². The zero-order chi connectivity index (χ0) is 26.8. The number of rotatable bonds is 8. The van der Waals surface area contributed by atoms with E-state index >= 15 is 4.39 Å². The summed E-state index contributed by atoms with van der Waals surface area (Å²) in [6.45, 7) is 3.70. The summed E-state index contributed by atoms with van der Waals surface area (Å²) in [5, 5.41) is 6.62. The molecule has 39 heavy (non-hydrogen) atoms.